The maximum Gasteiger partial charge on any atom is 0.328 e. The van der Waals surface area contributed by atoms with E-state index in [1.807, 2.05) is 0 Å². The first-order valence-electron chi connectivity index (χ1n) is 5.58. The molecule has 4 heteroatoms. The molecule has 2 rings (SSSR count). The first kappa shape index (κ1) is 12.8. The molecule has 0 radical (unpaired) electrons. The zero-order valence-electron chi connectivity index (χ0n) is 9.92. The van der Waals surface area contributed by atoms with Crippen molar-refractivity contribution < 1.29 is 19.0 Å². The van der Waals surface area contributed by atoms with Crippen LogP contribution < -0.4 is 4.74 Å². The van der Waals surface area contributed by atoms with E-state index in [1.54, 1.807) is 36.4 Å². The molecule has 0 saturated heterocycles. The predicted octanol–water partition coefficient (Wildman–Crippen LogP) is 3.72. The molecule has 0 bridgehead atoms. The molecule has 0 spiro atoms. The third-order valence-corrected chi connectivity index (χ3v) is 2.31. The molecule has 2 aromatic rings. The highest BCUT2D eigenvalue weighted by molar-refractivity contribution is 5.85. The topological polar surface area (TPSA) is 46.5 Å². The Morgan fingerprint density at radius 3 is 2.47 bits per heavy atom. The van der Waals surface area contributed by atoms with Crippen LogP contribution in [0, 0.1) is 5.82 Å². The Morgan fingerprint density at radius 1 is 1.11 bits per heavy atom. The molecule has 2 aromatic carbocycles. The molecule has 3 nitrogen and oxygen atoms in total. The molecule has 0 fully saturated rings. The molecule has 0 amide bonds. The van der Waals surface area contributed by atoms with Crippen molar-refractivity contribution in [2.24, 2.45) is 0 Å². The van der Waals surface area contributed by atoms with E-state index in [-0.39, 0.29) is 5.82 Å². The maximum atomic E-state index is 13.0. The van der Waals surface area contributed by atoms with Crippen LogP contribution in [0.2, 0.25) is 0 Å². The van der Waals surface area contributed by atoms with Crippen molar-refractivity contribution in [3.63, 3.8) is 0 Å². The lowest BCUT2D eigenvalue weighted by Crippen LogP contribution is -1.87. The summed E-state index contributed by atoms with van der Waals surface area (Å²) in [5, 5.41) is 8.55. The third kappa shape index (κ3) is 3.96. The van der Waals surface area contributed by atoms with Gasteiger partial charge in [-0.15, -0.1) is 0 Å². The van der Waals surface area contributed by atoms with Crippen molar-refractivity contribution in [1.82, 2.24) is 0 Å². The van der Waals surface area contributed by atoms with E-state index in [2.05, 4.69) is 0 Å². The van der Waals surface area contributed by atoms with Gasteiger partial charge in [0.25, 0.3) is 0 Å². The van der Waals surface area contributed by atoms with Gasteiger partial charge in [-0.05, 0) is 35.9 Å². The molecule has 19 heavy (non-hydrogen) atoms. The molecule has 0 heterocycles. The van der Waals surface area contributed by atoms with E-state index in [4.69, 9.17) is 9.84 Å². The predicted molar refractivity (Wildman–Crippen MR) is 69.6 cm³/mol. The summed E-state index contributed by atoms with van der Waals surface area (Å²) in [6, 6.07) is 12.7. The van der Waals surface area contributed by atoms with Crippen LogP contribution in [-0.4, -0.2) is 11.1 Å². The van der Waals surface area contributed by atoms with Gasteiger partial charge in [0.05, 0.1) is 0 Å². The molecular formula is C15H11FO3. The Balaban J connectivity index is 2.17. The number of hydrogen-bond acceptors (Lipinski definition) is 2. The summed E-state index contributed by atoms with van der Waals surface area (Å²) in [5.74, 6) is -0.492. The zero-order valence-corrected chi connectivity index (χ0v) is 9.92. The van der Waals surface area contributed by atoms with Crippen molar-refractivity contribution in [3.05, 3.63) is 66.0 Å². The normalized spacial score (nSPS) is 10.6. The lowest BCUT2D eigenvalue weighted by Gasteiger charge is -2.06. The van der Waals surface area contributed by atoms with Crippen molar-refractivity contribution in [2.75, 3.05) is 0 Å². The van der Waals surface area contributed by atoms with Crippen molar-refractivity contribution in [2.45, 2.75) is 0 Å². The first-order chi connectivity index (χ1) is 9.13. The van der Waals surface area contributed by atoms with Crippen LogP contribution in [0.5, 0.6) is 11.5 Å². The molecule has 0 aliphatic heterocycles. The summed E-state index contributed by atoms with van der Waals surface area (Å²) in [5.41, 5.74) is 0.691. The van der Waals surface area contributed by atoms with E-state index < -0.39 is 5.97 Å². The molecule has 0 atom stereocenters. The number of hydrogen-bond donors (Lipinski definition) is 1. The average Bonchev–Trinajstić information content (AvgIpc) is 2.37. The van der Waals surface area contributed by atoms with Gasteiger partial charge in [-0.2, -0.15) is 0 Å². The van der Waals surface area contributed by atoms with Crippen molar-refractivity contribution in [3.8, 4) is 11.5 Å². The fraction of sp³-hybridized carbons (Fsp3) is 0. The van der Waals surface area contributed by atoms with Gasteiger partial charge in [0.2, 0.25) is 0 Å². The van der Waals surface area contributed by atoms with E-state index in [9.17, 15) is 9.18 Å². The molecule has 1 N–H and O–H groups in total. The highest BCUT2D eigenvalue weighted by atomic mass is 19.1. The Kier molecular flexibility index (Phi) is 3.93. The fourth-order valence-corrected chi connectivity index (χ4v) is 1.52. The van der Waals surface area contributed by atoms with Crippen LogP contribution in [0.25, 0.3) is 6.08 Å². The first-order valence-corrected chi connectivity index (χ1v) is 5.58. The van der Waals surface area contributed by atoms with Crippen LogP contribution >= 0.6 is 0 Å². The molecule has 0 aromatic heterocycles. The number of carboxylic acid groups (broad SMARTS) is 1. The van der Waals surface area contributed by atoms with Gasteiger partial charge in [0.15, 0.2) is 0 Å². The van der Waals surface area contributed by atoms with Crippen LogP contribution in [0.1, 0.15) is 5.56 Å². The monoisotopic (exact) mass is 258 g/mol. The van der Waals surface area contributed by atoms with Crippen molar-refractivity contribution in [1.29, 1.82) is 0 Å². The van der Waals surface area contributed by atoms with Gasteiger partial charge in [0, 0.05) is 12.1 Å². The van der Waals surface area contributed by atoms with E-state index in [0.29, 0.717) is 17.1 Å². The second-order valence-corrected chi connectivity index (χ2v) is 3.80. The summed E-state index contributed by atoms with van der Waals surface area (Å²) >= 11 is 0. The third-order valence-electron chi connectivity index (χ3n) is 2.31. The lowest BCUT2D eigenvalue weighted by atomic mass is 10.2. The summed E-state index contributed by atoms with van der Waals surface area (Å²) in [6.07, 6.45) is 2.50. The molecule has 0 saturated carbocycles. The quantitative estimate of drug-likeness (QED) is 0.850. The highest BCUT2D eigenvalue weighted by Crippen LogP contribution is 2.23. The second kappa shape index (κ2) is 5.82. The minimum absolute atomic E-state index is 0.376. The molecule has 0 unspecified atom stereocenters. The summed E-state index contributed by atoms with van der Waals surface area (Å²) in [7, 11) is 0. The lowest BCUT2D eigenvalue weighted by molar-refractivity contribution is -0.131. The van der Waals surface area contributed by atoms with Gasteiger partial charge in [-0.25, -0.2) is 9.18 Å². The van der Waals surface area contributed by atoms with Crippen LogP contribution in [0.15, 0.2) is 54.6 Å². The maximum absolute atomic E-state index is 13.0. The number of ether oxygens (including phenoxy) is 1. The van der Waals surface area contributed by atoms with Crippen LogP contribution in [-0.2, 0) is 4.79 Å². The summed E-state index contributed by atoms with van der Waals surface area (Å²) in [4.78, 5) is 10.4. The van der Waals surface area contributed by atoms with E-state index in [1.165, 1.54) is 18.2 Å². The summed E-state index contributed by atoms with van der Waals surface area (Å²) < 4.78 is 18.5. The second-order valence-electron chi connectivity index (χ2n) is 3.80. The van der Waals surface area contributed by atoms with Gasteiger partial charge in [-0.3, -0.25) is 0 Å². The number of carboxylic acids is 1. The van der Waals surface area contributed by atoms with Crippen LogP contribution in [0.4, 0.5) is 4.39 Å². The molecule has 0 aliphatic rings. The average molecular weight is 258 g/mol. The summed E-state index contributed by atoms with van der Waals surface area (Å²) in [6.45, 7) is 0. The molecule has 96 valence electrons. The minimum Gasteiger partial charge on any atom is -0.478 e. The zero-order chi connectivity index (χ0) is 13.7. The van der Waals surface area contributed by atoms with Gasteiger partial charge < -0.3 is 9.84 Å². The molecule has 0 aliphatic carbocycles. The van der Waals surface area contributed by atoms with E-state index in [0.717, 1.165) is 6.08 Å². The number of halogens is 1. The van der Waals surface area contributed by atoms with Crippen molar-refractivity contribution >= 4 is 12.0 Å². The number of carbonyl (C=O) groups is 1. The fourth-order valence-electron chi connectivity index (χ4n) is 1.52. The minimum atomic E-state index is -1.02. The van der Waals surface area contributed by atoms with Gasteiger partial charge in [0.1, 0.15) is 17.3 Å². The van der Waals surface area contributed by atoms with E-state index >= 15 is 0 Å². The Labute approximate surface area is 109 Å². The standard InChI is InChI=1S/C15H11FO3/c16-12-4-2-6-14(10-12)19-13-5-1-3-11(9-13)7-8-15(17)18/h1-10H,(H,17,18). The number of benzene rings is 2. The number of aliphatic carboxylic acids is 1. The number of rotatable bonds is 4. The Morgan fingerprint density at radius 2 is 1.79 bits per heavy atom. The SMILES string of the molecule is O=C(O)C=Cc1cccc(Oc2cccc(F)c2)c1. The highest BCUT2D eigenvalue weighted by Gasteiger charge is 1.99. The van der Waals surface area contributed by atoms with Gasteiger partial charge in [-0.1, -0.05) is 18.2 Å². The smallest absolute Gasteiger partial charge is 0.328 e. The van der Waals surface area contributed by atoms with Gasteiger partial charge >= 0.3 is 5.97 Å². The Bertz CT molecular complexity index is 620. The Hall–Kier alpha value is -2.62. The molecular weight excluding hydrogens is 247 g/mol. The van der Waals surface area contributed by atoms with Crippen LogP contribution in [0.3, 0.4) is 0 Å². The largest absolute Gasteiger partial charge is 0.478 e.